The molecular weight excluding hydrogens is 382 g/mol. The number of rotatable bonds is 6. The molecule has 0 heterocycles. The lowest BCUT2D eigenvalue weighted by atomic mass is 10.1. The van der Waals surface area contributed by atoms with Gasteiger partial charge in [0.05, 0.1) is 22.7 Å². The molecular formula is C26H25N5. The van der Waals surface area contributed by atoms with Crippen molar-refractivity contribution in [2.75, 3.05) is 11.9 Å². The fourth-order valence-electron chi connectivity index (χ4n) is 3.42. The van der Waals surface area contributed by atoms with Gasteiger partial charge in [-0.1, -0.05) is 42.5 Å². The number of azo groups is 2. The Morgan fingerprint density at radius 1 is 0.710 bits per heavy atom. The molecule has 0 unspecified atom stereocenters. The average molecular weight is 408 g/mol. The van der Waals surface area contributed by atoms with Crippen LogP contribution in [0, 0.1) is 13.8 Å². The maximum atomic E-state index is 4.61. The molecule has 0 spiro atoms. The second-order valence-electron chi connectivity index (χ2n) is 7.42. The number of nitrogens with one attached hydrogen (secondary N) is 1. The third-order valence-electron chi connectivity index (χ3n) is 4.99. The first kappa shape index (κ1) is 20.4. The fraction of sp³-hybridized carbons (Fsp3) is 0.154. The van der Waals surface area contributed by atoms with Gasteiger partial charge in [-0.15, -0.1) is 5.11 Å². The van der Waals surface area contributed by atoms with Crippen LogP contribution < -0.4 is 5.32 Å². The van der Waals surface area contributed by atoms with Gasteiger partial charge in [0.15, 0.2) is 0 Å². The maximum absolute atomic E-state index is 4.61. The fourth-order valence-corrected chi connectivity index (χ4v) is 3.42. The highest BCUT2D eigenvalue weighted by molar-refractivity contribution is 5.98. The Hall–Kier alpha value is -3.86. The van der Waals surface area contributed by atoms with Crippen molar-refractivity contribution in [3.63, 3.8) is 0 Å². The molecule has 1 N–H and O–H groups in total. The Balaban J connectivity index is 1.62. The summed E-state index contributed by atoms with van der Waals surface area (Å²) < 4.78 is 0. The first-order valence-electron chi connectivity index (χ1n) is 10.4. The molecule has 0 saturated carbocycles. The average Bonchev–Trinajstić information content (AvgIpc) is 2.78. The Labute approximate surface area is 182 Å². The first-order valence-corrected chi connectivity index (χ1v) is 10.4. The minimum atomic E-state index is 0.780. The van der Waals surface area contributed by atoms with Crippen LogP contribution in [0.1, 0.15) is 18.1 Å². The SMILES string of the molecule is CCNc1ccc2ccccc2c1N=Nc1ccc(N=Nc2cccc(C)c2)c(C)c1. The summed E-state index contributed by atoms with van der Waals surface area (Å²) in [6.07, 6.45) is 0. The normalized spacial score (nSPS) is 11.6. The third-order valence-corrected chi connectivity index (χ3v) is 4.99. The zero-order valence-electron chi connectivity index (χ0n) is 18.0. The molecule has 4 aromatic rings. The molecule has 0 amide bonds. The van der Waals surface area contributed by atoms with Gasteiger partial charge >= 0.3 is 0 Å². The van der Waals surface area contributed by atoms with E-state index in [9.17, 15) is 0 Å². The summed E-state index contributed by atoms with van der Waals surface area (Å²) in [5, 5.41) is 23.5. The molecule has 0 aliphatic heterocycles. The molecule has 31 heavy (non-hydrogen) atoms. The Kier molecular flexibility index (Phi) is 6.13. The molecule has 0 atom stereocenters. The van der Waals surface area contributed by atoms with Crippen molar-refractivity contribution in [1.82, 2.24) is 0 Å². The molecule has 0 aromatic heterocycles. The van der Waals surface area contributed by atoms with E-state index in [1.165, 1.54) is 0 Å². The van der Waals surface area contributed by atoms with E-state index in [1.54, 1.807) is 0 Å². The third kappa shape index (κ3) is 4.83. The summed E-state index contributed by atoms with van der Waals surface area (Å²) in [4.78, 5) is 0. The number of hydrogen-bond donors (Lipinski definition) is 1. The summed E-state index contributed by atoms with van der Waals surface area (Å²) in [7, 11) is 0. The number of anilines is 1. The number of aryl methyl sites for hydroxylation is 2. The van der Waals surface area contributed by atoms with Gasteiger partial charge < -0.3 is 5.32 Å². The standard InChI is InChI=1S/C26H25N5/c1-4-27-25-14-12-20-9-5-6-11-23(20)26(25)31-29-22-13-15-24(19(3)17-22)30-28-21-10-7-8-18(2)16-21/h5-17,27H,4H2,1-3H3. The van der Waals surface area contributed by atoms with Crippen LogP contribution >= 0.6 is 0 Å². The molecule has 0 bridgehead atoms. The largest absolute Gasteiger partial charge is 0.384 e. The van der Waals surface area contributed by atoms with Crippen LogP contribution in [-0.2, 0) is 0 Å². The highest BCUT2D eigenvalue weighted by atomic mass is 15.1. The lowest BCUT2D eigenvalue weighted by Gasteiger charge is -2.09. The molecule has 5 nitrogen and oxygen atoms in total. The van der Waals surface area contributed by atoms with Crippen molar-refractivity contribution in [2.24, 2.45) is 20.5 Å². The Bertz CT molecular complexity index is 1270. The Morgan fingerprint density at radius 3 is 2.32 bits per heavy atom. The highest BCUT2D eigenvalue weighted by Crippen LogP contribution is 2.36. The summed E-state index contributed by atoms with van der Waals surface area (Å²) >= 11 is 0. The van der Waals surface area contributed by atoms with E-state index in [2.05, 4.69) is 57.0 Å². The van der Waals surface area contributed by atoms with Gasteiger partial charge in [0, 0.05) is 11.9 Å². The predicted molar refractivity (Wildman–Crippen MR) is 129 cm³/mol. The van der Waals surface area contributed by atoms with E-state index >= 15 is 0 Å². The van der Waals surface area contributed by atoms with E-state index in [1.807, 2.05) is 68.4 Å². The molecule has 0 saturated heterocycles. The number of fused-ring (bicyclic) bond motifs is 1. The quantitative estimate of drug-likeness (QED) is 0.319. The molecule has 4 rings (SSSR count). The maximum Gasteiger partial charge on any atom is 0.117 e. The van der Waals surface area contributed by atoms with Crippen LogP contribution in [0.4, 0.5) is 28.4 Å². The van der Waals surface area contributed by atoms with E-state index in [0.29, 0.717) is 0 Å². The molecule has 0 fully saturated rings. The zero-order valence-corrected chi connectivity index (χ0v) is 18.0. The van der Waals surface area contributed by atoms with Gasteiger partial charge in [0.25, 0.3) is 0 Å². The van der Waals surface area contributed by atoms with Gasteiger partial charge in [-0.05, 0) is 73.7 Å². The number of hydrogen-bond acceptors (Lipinski definition) is 5. The molecule has 4 aromatic carbocycles. The van der Waals surface area contributed by atoms with E-state index in [4.69, 9.17) is 0 Å². The van der Waals surface area contributed by atoms with Crippen LogP contribution in [-0.4, -0.2) is 6.54 Å². The lowest BCUT2D eigenvalue weighted by molar-refractivity contribution is 1.18. The van der Waals surface area contributed by atoms with E-state index in [0.717, 1.165) is 56.9 Å². The van der Waals surface area contributed by atoms with Crippen molar-refractivity contribution >= 4 is 39.2 Å². The van der Waals surface area contributed by atoms with Gasteiger partial charge in [-0.25, -0.2) is 0 Å². The predicted octanol–water partition coefficient (Wildman–Crippen LogP) is 8.72. The van der Waals surface area contributed by atoms with Gasteiger partial charge in [-0.3, -0.25) is 0 Å². The van der Waals surface area contributed by atoms with Crippen LogP contribution in [0.5, 0.6) is 0 Å². The summed E-state index contributed by atoms with van der Waals surface area (Å²) in [6, 6.07) is 26.2. The smallest absolute Gasteiger partial charge is 0.117 e. The molecule has 0 aliphatic rings. The van der Waals surface area contributed by atoms with Crippen molar-refractivity contribution < 1.29 is 0 Å². The molecule has 154 valence electrons. The minimum Gasteiger partial charge on any atom is -0.384 e. The van der Waals surface area contributed by atoms with Crippen molar-refractivity contribution in [3.05, 3.63) is 90.0 Å². The van der Waals surface area contributed by atoms with Crippen molar-refractivity contribution in [3.8, 4) is 0 Å². The lowest BCUT2D eigenvalue weighted by Crippen LogP contribution is -1.96. The highest BCUT2D eigenvalue weighted by Gasteiger charge is 2.07. The second-order valence-corrected chi connectivity index (χ2v) is 7.42. The summed E-state index contributed by atoms with van der Waals surface area (Å²) in [5.41, 5.74) is 6.43. The van der Waals surface area contributed by atoms with Gasteiger partial charge in [0.1, 0.15) is 5.69 Å². The number of benzene rings is 4. The van der Waals surface area contributed by atoms with Gasteiger partial charge in [0.2, 0.25) is 0 Å². The van der Waals surface area contributed by atoms with Crippen molar-refractivity contribution in [1.29, 1.82) is 0 Å². The van der Waals surface area contributed by atoms with Crippen molar-refractivity contribution in [2.45, 2.75) is 20.8 Å². The van der Waals surface area contributed by atoms with Crippen LogP contribution in [0.25, 0.3) is 10.8 Å². The monoisotopic (exact) mass is 407 g/mol. The van der Waals surface area contributed by atoms with E-state index < -0.39 is 0 Å². The Morgan fingerprint density at radius 2 is 1.52 bits per heavy atom. The zero-order chi connectivity index (χ0) is 21.6. The summed E-state index contributed by atoms with van der Waals surface area (Å²) in [5.74, 6) is 0. The summed E-state index contributed by atoms with van der Waals surface area (Å²) in [6.45, 7) is 6.94. The first-order chi connectivity index (χ1) is 15.1. The van der Waals surface area contributed by atoms with Crippen LogP contribution in [0.2, 0.25) is 0 Å². The topological polar surface area (TPSA) is 61.5 Å². The van der Waals surface area contributed by atoms with Gasteiger partial charge in [-0.2, -0.15) is 15.3 Å². The van der Waals surface area contributed by atoms with Crippen LogP contribution in [0.15, 0.2) is 99.3 Å². The van der Waals surface area contributed by atoms with Crippen LogP contribution in [0.3, 0.4) is 0 Å². The molecule has 0 radical (unpaired) electrons. The minimum absolute atomic E-state index is 0.780. The van der Waals surface area contributed by atoms with E-state index in [-0.39, 0.29) is 0 Å². The molecule has 5 heteroatoms. The number of nitrogens with zero attached hydrogens (tertiary/aromatic N) is 4. The second kappa shape index (κ2) is 9.30. The molecule has 0 aliphatic carbocycles.